The van der Waals surface area contributed by atoms with Gasteiger partial charge in [-0.1, -0.05) is 32.0 Å². The number of pyridine rings is 1. The van der Waals surface area contributed by atoms with Gasteiger partial charge in [-0.15, -0.1) is 0 Å². The van der Waals surface area contributed by atoms with Gasteiger partial charge in [0.2, 0.25) is 5.95 Å². The Bertz CT molecular complexity index is 1400. The van der Waals surface area contributed by atoms with Crippen molar-refractivity contribution in [2.24, 2.45) is 0 Å². The Hall–Kier alpha value is -3.83. The van der Waals surface area contributed by atoms with Gasteiger partial charge in [0.1, 0.15) is 0 Å². The Morgan fingerprint density at radius 2 is 1.76 bits per heavy atom. The number of nitrogens with one attached hydrogen (secondary N) is 2. The molecule has 4 aromatic rings. The van der Waals surface area contributed by atoms with E-state index in [0.29, 0.717) is 23.4 Å². The summed E-state index contributed by atoms with van der Waals surface area (Å²) in [4.78, 5) is 26.0. The van der Waals surface area contributed by atoms with Crippen LogP contribution in [-0.4, -0.2) is 39.3 Å². The van der Waals surface area contributed by atoms with Gasteiger partial charge in [-0.25, -0.2) is 9.97 Å². The highest BCUT2D eigenvalue weighted by Crippen LogP contribution is 2.44. The zero-order valence-electron chi connectivity index (χ0n) is 21.4. The second-order valence-electron chi connectivity index (χ2n) is 8.98. The first-order valence-corrected chi connectivity index (χ1v) is 14.7. The summed E-state index contributed by atoms with van der Waals surface area (Å²) in [6.45, 7) is 5.97. The quantitative estimate of drug-likeness (QED) is 0.227. The van der Waals surface area contributed by atoms with E-state index in [4.69, 9.17) is 0 Å². The van der Waals surface area contributed by atoms with Crippen molar-refractivity contribution in [3.05, 3.63) is 95.9 Å². The molecule has 0 aliphatic rings. The van der Waals surface area contributed by atoms with Crippen LogP contribution in [0.4, 0.5) is 17.3 Å². The van der Waals surface area contributed by atoms with Gasteiger partial charge < -0.3 is 15.2 Å². The SMILES string of the molecule is CCP(=O)(CC)CCc1ccc(C(=O)Nc2ccc(C)c(Nc3nccc(-c4cccnc4)n3)c2)cc1. The molecule has 0 saturated heterocycles. The van der Waals surface area contributed by atoms with E-state index in [0.717, 1.165) is 46.8 Å². The van der Waals surface area contributed by atoms with Crippen molar-refractivity contribution in [3.63, 3.8) is 0 Å². The molecule has 0 unspecified atom stereocenters. The van der Waals surface area contributed by atoms with Crippen LogP contribution in [-0.2, 0) is 11.0 Å². The van der Waals surface area contributed by atoms with E-state index in [2.05, 4.69) is 25.6 Å². The number of hydrogen-bond acceptors (Lipinski definition) is 6. The van der Waals surface area contributed by atoms with Crippen LogP contribution in [0.2, 0.25) is 0 Å². The first kappa shape index (κ1) is 26.2. The average molecular weight is 514 g/mol. The van der Waals surface area contributed by atoms with Crippen LogP contribution in [0.5, 0.6) is 0 Å². The van der Waals surface area contributed by atoms with Crippen LogP contribution in [0.15, 0.2) is 79.3 Å². The molecule has 0 aliphatic heterocycles. The van der Waals surface area contributed by atoms with Crippen molar-refractivity contribution in [1.82, 2.24) is 15.0 Å². The Kier molecular flexibility index (Phi) is 8.47. The molecule has 0 bridgehead atoms. The molecule has 8 heteroatoms. The van der Waals surface area contributed by atoms with Crippen LogP contribution in [0.3, 0.4) is 0 Å². The van der Waals surface area contributed by atoms with E-state index >= 15 is 0 Å². The minimum atomic E-state index is -2.07. The van der Waals surface area contributed by atoms with Crippen LogP contribution >= 0.6 is 7.14 Å². The number of nitrogens with zero attached hydrogens (tertiary/aromatic N) is 3. The minimum absolute atomic E-state index is 0.191. The Labute approximate surface area is 218 Å². The van der Waals surface area contributed by atoms with E-state index in [1.807, 2.05) is 81.4 Å². The third kappa shape index (κ3) is 6.89. The maximum absolute atomic E-state index is 12.9. The molecule has 0 fully saturated rings. The minimum Gasteiger partial charge on any atom is -0.324 e. The number of carbonyl (C=O) groups is 1. The van der Waals surface area contributed by atoms with E-state index in [1.54, 1.807) is 18.6 Å². The van der Waals surface area contributed by atoms with Gasteiger partial charge in [-0.05, 0) is 79.3 Å². The van der Waals surface area contributed by atoms with Gasteiger partial charge in [0.05, 0.1) is 12.8 Å². The number of carbonyl (C=O) groups excluding carboxylic acids is 1. The molecule has 0 spiro atoms. The summed E-state index contributed by atoms with van der Waals surface area (Å²) in [6.07, 6.45) is 8.12. The molecular formula is C29H32N5O2P. The van der Waals surface area contributed by atoms with E-state index in [9.17, 15) is 9.36 Å². The summed E-state index contributed by atoms with van der Waals surface area (Å²) in [5, 5.41) is 6.23. The predicted molar refractivity (Wildman–Crippen MR) is 151 cm³/mol. The standard InChI is InChI=1S/C29H32N5O2P/c1-4-37(36,5-2)18-15-22-9-11-23(12-10-22)28(35)32-25-13-8-21(3)27(19-25)34-29-31-17-14-26(33-29)24-7-6-16-30-20-24/h6-14,16-17,19-20H,4-5,15,18H2,1-3H3,(H,32,35)(H,31,33,34). The first-order valence-electron chi connectivity index (χ1n) is 12.5. The summed E-state index contributed by atoms with van der Waals surface area (Å²) >= 11 is 0. The van der Waals surface area contributed by atoms with E-state index in [-0.39, 0.29) is 5.91 Å². The molecule has 1 amide bonds. The molecule has 7 nitrogen and oxygen atoms in total. The van der Waals surface area contributed by atoms with Crippen molar-refractivity contribution < 1.29 is 9.36 Å². The number of anilines is 3. The van der Waals surface area contributed by atoms with Gasteiger partial charge in [-0.2, -0.15) is 0 Å². The number of amides is 1. The second kappa shape index (κ2) is 11.9. The van der Waals surface area contributed by atoms with Crippen molar-refractivity contribution >= 4 is 30.4 Å². The molecule has 0 aliphatic carbocycles. The van der Waals surface area contributed by atoms with Crippen molar-refractivity contribution in [2.75, 3.05) is 29.1 Å². The fraction of sp³-hybridized carbons (Fsp3) is 0.241. The molecule has 2 aromatic carbocycles. The van der Waals surface area contributed by atoms with Crippen molar-refractivity contribution in [3.8, 4) is 11.3 Å². The summed E-state index contributed by atoms with van der Waals surface area (Å²) in [6, 6.07) is 18.8. The maximum Gasteiger partial charge on any atom is 0.255 e. The number of benzene rings is 2. The normalized spacial score (nSPS) is 11.2. The molecule has 4 rings (SSSR count). The molecule has 2 aromatic heterocycles. The monoisotopic (exact) mass is 513 g/mol. The van der Waals surface area contributed by atoms with Gasteiger partial charge >= 0.3 is 0 Å². The summed E-state index contributed by atoms with van der Waals surface area (Å²) < 4.78 is 12.7. The lowest BCUT2D eigenvalue weighted by Gasteiger charge is -2.14. The van der Waals surface area contributed by atoms with Gasteiger partial charge in [-0.3, -0.25) is 9.78 Å². The zero-order valence-corrected chi connectivity index (χ0v) is 22.3. The largest absolute Gasteiger partial charge is 0.324 e. The third-order valence-corrected chi connectivity index (χ3v) is 9.88. The van der Waals surface area contributed by atoms with Crippen molar-refractivity contribution in [1.29, 1.82) is 0 Å². The smallest absolute Gasteiger partial charge is 0.255 e. The third-order valence-electron chi connectivity index (χ3n) is 6.53. The van der Waals surface area contributed by atoms with Crippen LogP contribution < -0.4 is 10.6 Å². The number of aryl methyl sites for hydroxylation is 2. The lowest BCUT2D eigenvalue weighted by molar-refractivity contribution is 0.102. The highest BCUT2D eigenvalue weighted by Gasteiger charge is 2.16. The molecule has 2 heterocycles. The first-order chi connectivity index (χ1) is 17.9. The lowest BCUT2D eigenvalue weighted by Crippen LogP contribution is -2.12. The van der Waals surface area contributed by atoms with E-state index < -0.39 is 7.14 Å². The Morgan fingerprint density at radius 1 is 0.973 bits per heavy atom. The van der Waals surface area contributed by atoms with E-state index in [1.165, 1.54) is 0 Å². The second-order valence-corrected chi connectivity index (χ2v) is 12.8. The number of rotatable bonds is 10. The summed E-state index contributed by atoms with van der Waals surface area (Å²) in [7, 11) is -2.07. The van der Waals surface area contributed by atoms with Gasteiger partial charge in [0.15, 0.2) is 0 Å². The number of aromatic nitrogens is 3. The Balaban J connectivity index is 1.43. The highest BCUT2D eigenvalue weighted by atomic mass is 31.2. The molecule has 37 heavy (non-hydrogen) atoms. The number of hydrogen-bond donors (Lipinski definition) is 2. The molecule has 0 atom stereocenters. The van der Waals surface area contributed by atoms with Gasteiger partial charge in [0.25, 0.3) is 5.91 Å². The zero-order chi connectivity index (χ0) is 26.3. The predicted octanol–water partition coefficient (Wildman–Crippen LogP) is 6.79. The van der Waals surface area contributed by atoms with Crippen LogP contribution in [0.25, 0.3) is 11.3 Å². The molecule has 2 N–H and O–H groups in total. The highest BCUT2D eigenvalue weighted by molar-refractivity contribution is 7.63. The van der Waals surface area contributed by atoms with Crippen molar-refractivity contribution in [2.45, 2.75) is 27.2 Å². The molecule has 190 valence electrons. The Morgan fingerprint density at radius 3 is 2.46 bits per heavy atom. The maximum atomic E-state index is 12.9. The van der Waals surface area contributed by atoms with Gasteiger partial charge in [0, 0.05) is 47.3 Å². The summed E-state index contributed by atoms with van der Waals surface area (Å²) in [5.41, 5.74) is 5.79. The van der Waals surface area contributed by atoms with Crippen LogP contribution in [0.1, 0.15) is 35.3 Å². The average Bonchev–Trinajstić information content (AvgIpc) is 2.94. The fourth-order valence-corrected chi connectivity index (χ4v) is 5.69. The summed E-state index contributed by atoms with van der Waals surface area (Å²) in [5.74, 6) is 0.267. The topological polar surface area (TPSA) is 96.9 Å². The molecule has 0 radical (unpaired) electrons. The van der Waals surface area contributed by atoms with Crippen LogP contribution in [0, 0.1) is 6.92 Å². The fourth-order valence-electron chi connectivity index (χ4n) is 3.95. The molecule has 0 saturated carbocycles. The molecular weight excluding hydrogens is 481 g/mol. The lowest BCUT2D eigenvalue weighted by atomic mass is 10.1.